The second-order valence-electron chi connectivity index (χ2n) is 10.1. The second-order valence-corrected chi connectivity index (χ2v) is 12.5. The number of nitrogens with one attached hydrogen (secondary N) is 1. The van der Waals surface area contributed by atoms with Gasteiger partial charge in [-0.15, -0.1) is 0 Å². The molecule has 0 aliphatic heterocycles. The SMILES string of the molecule is CC(=O)NCC1CCCC1.CC(=O)O.CC(C)C1CCCC1P(c1ccccc1)c1ccccc1. The number of benzene rings is 2. The summed E-state index contributed by atoms with van der Waals surface area (Å²) in [6.07, 6.45) is 9.54. The van der Waals surface area contributed by atoms with E-state index in [9.17, 15) is 4.79 Å². The molecule has 2 saturated carbocycles. The molecule has 0 aromatic heterocycles. The molecule has 2 aromatic rings. The van der Waals surface area contributed by atoms with E-state index in [1.165, 1.54) is 44.9 Å². The van der Waals surface area contributed by atoms with Gasteiger partial charge in [0.05, 0.1) is 0 Å². The first-order valence-electron chi connectivity index (χ1n) is 13.1. The Morgan fingerprint density at radius 1 is 0.857 bits per heavy atom. The van der Waals surface area contributed by atoms with Crippen LogP contribution in [0.25, 0.3) is 0 Å². The van der Waals surface area contributed by atoms with Crippen molar-refractivity contribution in [2.75, 3.05) is 6.54 Å². The van der Waals surface area contributed by atoms with E-state index in [-0.39, 0.29) is 13.8 Å². The highest BCUT2D eigenvalue weighted by atomic mass is 31.1. The van der Waals surface area contributed by atoms with Gasteiger partial charge in [-0.2, -0.15) is 0 Å². The second kappa shape index (κ2) is 15.7. The molecule has 0 bridgehead atoms. The van der Waals surface area contributed by atoms with Gasteiger partial charge in [-0.3, -0.25) is 9.59 Å². The van der Waals surface area contributed by atoms with Crippen molar-refractivity contribution in [3.05, 3.63) is 60.7 Å². The average molecular weight is 498 g/mol. The largest absolute Gasteiger partial charge is 0.481 e. The van der Waals surface area contributed by atoms with Crippen LogP contribution >= 0.6 is 7.92 Å². The summed E-state index contributed by atoms with van der Waals surface area (Å²) in [5.74, 6) is 1.72. The molecule has 2 aliphatic rings. The molecule has 5 heteroatoms. The van der Waals surface area contributed by atoms with Gasteiger partial charge in [-0.1, -0.05) is 93.8 Å². The molecule has 2 unspecified atom stereocenters. The number of hydrogen-bond donors (Lipinski definition) is 2. The van der Waals surface area contributed by atoms with Crippen molar-refractivity contribution in [1.82, 2.24) is 5.32 Å². The molecule has 35 heavy (non-hydrogen) atoms. The standard InChI is InChI=1S/C20H25P.C8H15NO.C2H4O2/c1-16(2)19-14-9-15-20(19)21(17-10-5-3-6-11-17)18-12-7-4-8-13-18;1-7(10)9-6-8-4-2-3-5-8;1-2(3)4/h3-8,10-13,16,19-20H,9,14-15H2,1-2H3;8H,2-6H2,1H3,(H,9,10);1H3,(H,3,4). The Balaban J connectivity index is 0.000000257. The van der Waals surface area contributed by atoms with Crippen LogP contribution in [0.3, 0.4) is 0 Å². The zero-order valence-corrected chi connectivity index (χ0v) is 22.8. The Morgan fingerprint density at radius 2 is 1.34 bits per heavy atom. The molecule has 1 amide bonds. The van der Waals surface area contributed by atoms with Crippen LogP contribution in [0.5, 0.6) is 0 Å². The third-order valence-corrected chi connectivity index (χ3v) is 9.92. The molecule has 2 fully saturated rings. The Kier molecular flexibility index (Phi) is 13.1. The lowest BCUT2D eigenvalue weighted by Gasteiger charge is -2.32. The topological polar surface area (TPSA) is 66.4 Å². The van der Waals surface area contributed by atoms with Gasteiger partial charge in [0.25, 0.3) is 5.97 Å². The average Bonchev–Trinajstić information content (AvgIpc) is 3.52. The van der Waals surface area contributed by atoms with Crippen molar-refractivity contribution in [3.63, 3.8) is 0 Å². The summed E-state index contributed by atoms with van der Waals surface area (Å²) >= 11 is 0. The van der Waals surface area contributed by atoms with Crippen LogP contribution in [-0.4, -0.2) is 29.2 Å². The van der Waals surface area contributed by atoms with Crippen molar-refractivity contribution in [1.29, 1.82) is 0 Å². The number of carbonyl (C=O) groups excluding carboxylic acids is 1. The van der Waals surface area contributed by atoms with E-state index in [4.69, 9.17) is 9.90 Å². The first-order chi connectivity index (χ1) is 16.8. The molecular weight excluding hydrogens is 453 g/mol. The minimum atomic E-state index is -0.833. The van der Waals surface area contributed by atoms with Crippen molar-refractivity contribution in [3.8, 4) is 0 Å². The maximum absolute atomic E-state index is 10.5. The lowest BCUT2D eigenvalue weighted by atomic mass is 9.94. The minimum absolute atomic E-state index is 0.104. The van der Waals surface area contributed by atoms with E-state index < -0.39 is 5.97 Å². The quantitative estimate of drug-likeness (QED) is 0.457. The normalized spacial score (nSPS) is 19.5. The predicted octanol–water partition coefficient (Wildman–Crippen LogP) is 6.35. The number of rotatable bonds is 6. The molecule has 2 N–H and O–H groups in total. The van der Waals surface area contributed by atoms with Crippen LogP contribution in [0.15, 0.2) is 60.7 Å². The maximum Gasteiger partial charge on any atom is 0.300 e. The number of carbonyl (C=O) groups is 2. The van der Waals surface area contributed by atoms with Crippen LogP contribution in [0.1, 0.15) is 72.6 Å². The highest BCUT2D eigenvalue weighted by Gasteiger charge is 2.36. The molecule has 0 radical (unpaired) electrons. The van der Waals surface area contributed by atoms with Crippen molar-refractivity contribution in [2.45, 2.75) is 78.3 Å². The summed E-state index contributed by atoms with van der Waals surface area (Å²) in [6, 6.07) is 22.4. The summed E-state index contributed by atoms with van der Waals surface area (Å²) < 4.78 is 0. The number of carboxylic acids is 1. The monoisotopic (exact) mass is 497 g/mol. The molecule has 0 heterocycles. The summed E-state index contributed by atoms with van der Waals surface area (Å²) in [5, 5.41) is 13.4. The Hall–Kier alpha value is -2.19. The molecular formula is C30H44NO3P. The van der Waals surface area contributed by atoms with Crippen LogP contribution in [-0.2, 0) is 9.59 Å². The highest BCUT2D eigenvalue weighted by Crippen LogP contribution is 2.51. The summed E-state index contributed by atoms with van der Waals surface area (Å²) in [6.45, 7) is 8.38. The van der Waals surface area contributed by atoms with Crippen LogP contribution in [0.4, 0.5) is 0 Å². The van der Waals surface area contributed by atoms with E-state index in [0.717, 1.165) is 36.9 Å². The molecule has 2 atom stereocenters. The highest BCUT2D eigenvalue weighted by molar-refractivity contribution is 7.73. The van der Waals surface area contributed by atoms with Crippen molar-refractivity contribution >= 4 is 30.4 Å². The van der Waals surface area contributed by atoms with Gasteiger partial charge in [0.2, 0.25) is 5.91 Å². The smallest absolute Gasteiger partial charge is 0.300 e. The van der Waals surface area contributed by atoms with E-state index in [2.05, 4.69) is 79.8 Å². The number of carboxylic acid groups (broad SMARTS) is 1. The van der Waals surface area contributed by atoms with Crippen molar-refractivity contribution < 1.29 is 14.7 Å². The fourth-order valence-electron chi connectivity index (χ4n) is 5.28. The Morgan fingerprint density at radius 3 is 1.77 bits per heavy atom. The number of hydrogen-bond acceptors (Lipinski definition) is 2. The number of amides is 1. The maximum atomic E-state index is 10.5. The Bertz CT molecular complexity index is 822. The third-order valence-electron chi connectivity index (χ3n) is 6.90. The predicted molar refractivity (Wildman–Crippen MR) is 149 cm³/mol. The van der Waals surface area contributed by atoms with E-state index in [0.29, 0.717) is 0 Å². The Labute approximate surface area is 213 Å². The summed E-state index contributed by atoms with van der Waals surface area (Å²) in [7, 11) is -0.224. The van der Waals surface area contributed by atoms with Crippen molar-refractivity contribution in [2.24, 2.45) is 17.8 Å². The van der Waals surface area contributed by atoms with E-state index in [1.807, 2.05) is 0 Å². The van der Waals surface area contributed by atoms with Crippen LogP contribution in [0, 0.1) is 17.8 Å². The molecule has 4 nitrogen and oxygen atoms in total. The fourth-order valence-corrected chi connectivity index (χ4v) is 8.65. The van der Waals surface area contributed by atoms with Gasteiger partial charge < -0.3 is 10.4 Å². The first-order valence-corrected chi connectivity index (χ1v) is 14.5. The zero-order chi connectivity index (χ0) is 25.6. The van der Waals surface area contributed by atoms with E-state index >= 15 is 0 Å². The van der Waals surface area contributed by atoms with Gasteiger partial charge >= 0.3 is 0 Å². The van der Waals surface area contributed by atoms with Gasteiger partial charge in [0.1, 0.15) is 0 Å². The molecule has 0 spiro atoms. The van der Waals surface area contributed by atoms with Gasteiger partial charge in [0.15, 0.2) is 0 Å². The van der Waals surface area contributed by atoms with Crippen LogP contribution in [0.2, 0.25) is 0 Å². The van der Waals surface area contributed by atoms with Crippen LogP contribution < -0.4 is 15.9 Å². The van der Waals surface area contributed by atoms with E-state index in [1.54, 1.807) is 17.5 Å². The van der Waals surface area contributed by atoms with Gasteiger partial charge in [0, 0.05) is 20.4 Å². The third kappa shape index (κ3) is 10.5. The molecule has 4 rings (SSSR count). The first kappa shape index (κ1) is 29.0. The molecule has 0 saturated heterocycles. The summed E-state index contributed by atoms with van der Waals surface area (Å²) in [4.78, 5) is 19.5. The summed E-state index contributed by atoms with van der Waals surface area (Å²) in [5.41, 5.74) is 0.852. The zero-order valence-electron chi connectivity index (χ0n) is 22.0. The molecule has 2 aliphatic carbocycles. The molecule has 2 aromatic carbocycles. The van der Waals surface area contributed by atoms with Gasteiger partial charge in [-0.05, 0) is 67.6 Å². The lowest BCUT2D eigenvalue weighted by molar-refractivity contribution is -0.134. The fraction of sp³-hybridized carbons (Fsp3) is 0.533. The number of aliphatic carboxylic acids is 1. The van der Waals surface area contributed by atoms with Gasteiger partial charge in [-0.25, -0.2) is 0 Å². The minimum Gasteiger partial charge on any atom is -0.481 e. The lowest BCUT2D eigenvalue weighted by Crippen LogP contribution is -2.27. The molecule has 192 valence electrons.